The zero-order chi connectivity index (χ0) is 14.0. The standard InChI is InChI=1S/C11H11F3N2O2S/c12-11(13,14)7-1-2-9(10(5-7)16(17)18)15-8-3-4-19-6-8/h1-2,5,8,15H,3-4,6H2. The van der Waals surface area contributed by atoms with Crippen LogP contribution in [0.4, 0.5) is 24.5 Å². The number of alkyl halides is 3. The molecule has 1 aromatic rings. The van der Waals surface area contributed by atoms with Crippen molar-refractivity contribution in [3.63, 3.8) is 0 Å². The highest BCUT2D eigenvalue weighted by Gasteiger charge is 2.33. The summed E-state index contributed by atoms with van der Waals surface area (Å²) in [6.07, 6.45) is -3.73. The molecule has 1 aliphatic rings. The Balaban J connectivity index is 2.29. The monoisotopic (exact) mass is 292 g/mol. The average molecular weight is 292 g/mol. The van der Waals surface area contributed by atoms with E-state index in [1.807, 2.05) is 0 Å². The molecule has 0 radical (unpaired) electrons. The Morgan fingerprint density at radius 2 is 2.16 bits per heavy atom. The molecular formula is C11H11F3N2O2S. The minimum atomic E-state index is -4.58. The lowest BCUT2D eigenvalue weighted by Crippen LogP contribution is -2.19. The largest absolute Gasteiger partial charge is 0.416 e. The Morgan fingerprint density at radius 1 is 1.42 bits per heavy atom. The fraction of sp³-hybridized carbons (Fsp3) is 0.455. The van der Waals surface area contributed by atoms with Gasteiger partial charge in [0, 0.05) is 17.9 Å². The maximum atomic E-state index is 12.5. The van der Waals surface area contributed by atoms with Gasteiger partial charge in [0.05, 0.1) is 10.5 Å². The second kappa shape index (κ2) is 5.28. The molecule has 0 amide bonds. The highest BCUT2D eigenvalue weighted by Crippen LogP contribution is 2.35. The first-order chi connectivity index (χ1) is 8.88. The summed E-state index contributed by atoms with van der Waals surface area (Å²) in [7, 11) is 0. The molecule has 1 aromatic carbocycles. The van der Waals surface area contributed by atoms with Crippen molar-refractivity contribution < 1.29 is 18.1 Å². The van der Waals surface area contributed by atoms with E-state index in [-0.39, 0.29) is 11.7 Å². The van der Waals surface area contributed by atoms with Crippen molar-refractivity contribution in [3.05, 3.63) is 33.9 Å². The van der Waals surface area contributed by atoms with E-state index in [0.717, 1.165) is 30.1 Å². The molecule has 1 atom stereocenters. The van der Waals surface area contributed by atoms with Gasteiger partial charge in [-0.05, 0) is 24.3 Å². The van der Waals surface area contributed by atoms with E-state index >= 15 is 0 Å². The van der Waals surface area contributed by atoms with Crippen LogP contribution >= 0.6 is 11.8 Å². The maximum Gasteiger partial charge on any atom is 0.416 e. The molecule has 1 N–H and O–H groups in total. The number of halogens is 3. The number of nitrogens with one attached hydrogen (secondary N) is 1. The van der Waals surface area contributed by atoms with Gasteiger partial charge >= 0.3 is 6.18 Å². The zero-order valence-electron chi connectivity index (χ0n) is 9.74. The molecule has 4 nitrogen and oxygen atoms in total. The summed E-state index contributed by atoms with van der Waals surface area (Å²) in [6.45, 7) is 0. The number of benzene rings is 1. The topological polar surface area (TPSA) is 55.2 Å². The average Bonchev–Trinajstić information content (AvgIpc) is 2.80. The molecule has 19 heavy (non-hydrogen) atoms. The summed E-state index contributed by atoms with van der Waals surface area (Å²) in [5.74, 6) is 1.75. The van der Waals surface area contributed by atoms with Gasteiger partial charge in [0.2, 0.25) is 0 Å². The number of hydrogen-bond donors (Lipinski definition) is 1. The molecule has 0 bridgehead atoms. The second-order valence-electron chi connectivity index (χ2n) is 4.19. The van der Waals surface area contributed by atoms with Crippen LogP contribution in [0.2, 0.25) is 0 Å². The summed E-state index contributed by atoms with van der Waals surface area (Å²) >= 11 is 1.71. The Labute approximate surface area is 111 Å². The number of anilines is 1. The number of nitro benzene ring substituents is 1. The van der Waals surface area contributed by atoms with Gasteiger partial charge in [-0.25, -0.2) is 0 Å². The van der Waals surface area contributed by atoms with Crippen molar-refractivity contribution in [2.45, 2.75) is 18.6 Å². The van der Waals surface area contributed by atoms with Gasteiger partial charge in [-0.15, -0.1) is 0 Å². The quantitative estimate of drug-likeness (QED) is 0.684. The van der Waals surface area contributed by atoms with Crippen molar-refractivity contribution in [1.82, 2.24) is 0 Å². The van der Waals surface area contributed by atoms with Gasteiger partial charge in [-0.2, -0.15) is 24.9 Å². The molecule has 2 rings (SSSR count). The first-order valence-electron chi connectivity index (χ1n) is 5.58. The number of nitro groups is 1. The molecule has 8 heteroatoms. The van der Waals surface area contributed by atoms with Crippen LogP contribution in [0.15, 0.2) is 18.2 Å². The van der Waals surface area contributed by atoms with Gasteiger partial charge in [0.15, 0.2) is 0 Å². The summed E-state index contributed by atoms with van der Waals surface area (Å²) in [4.78, 5) is 10.1. The lowest BCUT2D eigenvalue weighted by Gasteiger charge is -2.14. The lowest BCUT2D eigenvalue weighted by atomic mass is 10.1. The maximum absolute atomic E-state index is 12.5. The van der Waals surface area contributed by atoms with Gasteiger partial charge in [-0.3, -0.25) is 10.1 Å². The molecule has 1 aliphatic heterocycles. The summed E-state index contributed by atoms with van der Waals surface area (Å²) in [5.41, 5.74) is -1.40. The van der Waals surface area contributed by atoms with E-state index in [0.29, 0.717) is 6.07 Å². The van der Waals surface area contributed by atoms with Crippen LogP contribution in [-0.2, 0) is 6.18 Å². The Kier molecular flexibility index (Phi) is 3.88. The molecule has 0 spiro atoms. The summed E-state index contributed by atoms with van der Waals surface area (Å²) in [5, 5.41) is 13.8. The SMILES string of the molecule is O=[N+]([O-])c1cc(C(F)(F)F)ccc1NC1CCSC1. The predicted molar refractivity (Wildman–Crippen MR) is 67.5 cm³/mol. The van der Waals surface area contributed by atoms with Crippen molar-refractivity contribution in [1.29, 1.82) is 0 Å². The predicted octanol–water partition coefficient (Wildman–Crippen LogP) is 3.53. The number of rotatable bonds is 3. The van der Waals surface area contributed by atoms with Crippen LogP contribution in [0, 0.1) is 10.1 Å². The van der Waals surface area contributed by atoms with Crippen LogP contribution in [0.1, 0.15) is 12.0 Å². The Morgan fingerprint density at radius 3 is 2.68 bits per heavy atom. The number of nitrogens with zero attached hydrogens (tertiary/aromatic N) is 1. The van der Waals surface area contributed by atoms with Crippen LogP contribution in [0.5, 0.6) is 0 Å². The third kappa shape index (κ3) is 3.31. The van der Waals surface area contributed by atoms with Crippen molar-refractivity contribution >= 4 is 23.1 Å². The molecule has 0 aliphatic carbocycles. The highest BCUT2D eigenvalue weighted by molar-refractivity contribution is 7.99. The van der Waals surface area contributed by atoms with E-state index in [2.05, 4.69) is 5.32 Å². The van der Waals surface area contributed by atoms with E-state index in [9.17, 15) is 23.3 Å². The third-order valence-corrected chi connectivity index (χ3v) is 3.97. The Bertz CT molecular complexity index is 487. The van der Waals surface area contributed by atoms with Crippen LogP contribution < -0.4 is 5.32 Å². The zero-order valence-corrected chi connectivity index (χ0v) is 10.6. The molecular weight excluding hydrogens is 281 g/mol. The smallest absolute Gasteiger partial charge is 0.376 e. The molecule has 1 heterocycles. The van der Waals surface area contributed by atoms with E-state index < -0.39 is 22.4 Å². The van der Waals surface area contributed by atoms with Crippen LogP contribution in [-0.4, -0.2) is 22.5 Å². The van der Waals surface area contributed by atoms with Gasteiger partial charge in [0.1, 0.15) is 5.69 Å². The fourth-order valence-electron chi connectivity index (χ4n) is 1.85. The summed E-state index contributed by atoms with van der Waals surface area (Å²) < 4.78 is 37.6. The molecule has 0 aromatic heterocycles. The molecule has 1 unspecified atom stereocenters. The summed E-state index contributed by atoms with van der Waals surface area (Å²) in [6, 6.07) is 2.63. The van der Waals surface area contributed by atoms with Crippen molar-refractivity contribution in [3.8, 4) is 0 Å². The van der Waals surface area contributed by atoms with E-state index in [1.165, 1.54) is 0 Å². The number of thioether (sulfide) groups is 1. The normalized spacial score (nSPS) is 19.4. The number of hydrogen-bond acceptors (Lipinski definition) is 4. The van der Waals surface area contributed by atoms with E-state index in [1.54, 1.807) is 11.8 Å². The highest BCUT2D eigenvalue weighted by atomic mass is 32.2. The fourth-order valence-corrected chi connectivity index (χ4v) is 3.00. The van der Waals surface area contributed by atoms with Crippen LogP contribution in [0.3, 0.4) is 0 Å². The molecule has 1 saturated heterocycles. The minimum absolute atomic E-state index is 0.0698. The van der Waals surface area contributed by atoms with Crippen molar-refractivity contribution in [2.75, 3.05) is 16.8 Å². The molecule has 1 fully saturated rings. The Hall–Kier alpha value is -1.44. The van der Waals surface area contributed by atoms with Gasteiger partial charge < -0.3 is 5.32 Å². The second-order valence-corrected chi connectivity index (χ2v) is 5.34. The minimum Gasteiger partial charge on any atom is -0.376 e. The van der Waals surface area contributed by atoms with Crippen LogP contribution in [0.25, 0.3) is 0 Å². The van der Waals surface area contributed by atoms with Gasteiger partial charge in [0.25, 0.3) is 5.69 Å². The third-order valence-electron chi connectivity index (χ3n) is 2.81. The van der Waals surface area contributed by atoms with E-state index in [4.69, 9.17) is 0 Å². The first-order valence-corrected chi connectivity index (χ1v) is 6.73. The molecule has 0 saturated carbocycles. The lowest BCUT2D eigenvalue weighted by molar-refractivity contribution is -0.384. The van der Waals surface area contributed by atoms with Gasteiger partial charge in [-0.1, -0.05) is 0 Å². The molecule has 104 valence electrons. The van der Waals surface area contributed by atoms with Crippen molar-refractivity contribution in [2.24, 2.45) is 0 Å². The first kappa shape index (κ1) is 14.0.